The molecule has 0 saturated heterocycles. The number of benzene rings is 3. The number of rotatable bonds is 6. The van der Waals surface area contributed by atoms with E-state index in [0.29, 0.717) is 16.5 Å². The lowest BCUT2D eigenvalue weighted by Gasteiger charge is -2.26. The number of aromatic nitrogens is 1. The van der Waals surface area contributed by atoms with Crippen molar-refractivity contribution in [1.29, 1.82) is 0 Å². The van der Waals surface area contributed by atoms with Crippen molar-refractivity contribution in [3.05, 3.63) is 95.9 Å². The number of hydrogen-bond donors (Lipinski definition) is 2. The zero-order valence-electron chi connectivity index (χ0n) is 16.8. The van der Waals surface area contributed by atoms with Crippen LogP contribution in [0.1, 0.15) is 19.0 Å². The number of fused-ring (bicyclic) bond motifs is 1. The van der Waals surface area contributed by atoms with Gasteiger partial charge < -0.3 is 15.0 Å². The number of nitrogens with one attached hydrogen (secondary N) is 1. The monoisotopic (exact) mass is 460 g/mol. The van der Waals surface area contributed by atoms with Crippen molar-refractivity contribution in [2.45, 2.75) is 19.6 Å². The maximum atomic E-state index is 14.6. The second-order valence-electron chi connectivity index (χ2n) is 7.22. The number of nitrogens with zero attached hydrogens (tertiary/aromatic N) is 1. The molecule has 32 heavy (non-hydrogen) atoms. The van der Waals surface area contributed by atoms with Crippen molar-refractivity contribution >= 4 is 24.4 Å². The maximum Gasteiger partial charge on any atom is 0.131 e. The Balaban J connectivity index is 0.00000181. The summed E-state index contributed by atoms with van der Waals surface area (Å²) in [5, 5.41) is 14.6. The van der Waals surface area contributed by atoms with Gasteiger partial charge in [0, 0.05) is 34.8 Å². The maximum absolute atomic E-state index is 14.6. The van der Waals surface area contributed by atoms with E-state index in [4.69, 9.17) is 0 Å². The van der Waals surface area contributed by atoms with Crippen molar-refractivity contribution < 1.29 is 18.3 Å². The van der Waals surface area contributed by atoms with Crippen LogP contribution in [0, 0.1) is 17.5 Å². The lowest BCUT2D eigenvalue weighted by Crippen LogP contribution is -2.33. The fraction of sp³-hybridized carbons (Fsp3) is 0.200. The summed E-state index contributed by atoms with van der Waals surface area (Å²) >= 11 is 0. The Morgan fingerprint density at radius 3 is 2.34 bits per heavy atom. The van der Waals surface area contributed by atoms with Gasteiger partial charge in [-0.3, -0.25) is 0 Å². The molecule has 2 atom stereocenters. The third-order valence-corrected chi connectivity index (χ3v) is 5.23. The van der Waals surface area contributed by atoms with E-state index in [1.54, 1.807) is 29.9 Å². The van der Waals surface area contributed by atoms with Crippen molar-refractivity contribution in [3.8, 4) is 11.1 Å². The van der Waals surface area contributed by atoms with E-state index in [1.165, 1.54) is 12.1 Å². The smallest absolute Gasteiger partial charge is 0.131 e. The van der Waals surface area contributed by atoms with Gasteiger partial charge >= 0.3 is 0 Å². The number of hydrogen-bond acceptors (Lipinski definition) is 2. The molecule has 0 amide bonds. The minimum atomic E-state index is -0.891. The molecule has 3 nitrogen and oxygen atoms in total. The van der Waals surface area contributed by atoms with Crippen LogP contribution in [-0.2, 0) is 0 Å². The second kappa shape index (κ2) is 10.7. The highest BCUT2D eigenvalue weighted by Crippen LogP contribution is 2.36. The highest BCUT2D eigenvalue weighted by Gasteiger charge is 2.26. The molecule has 0 bridgehead atoms. The predicted octanol–water partition coefficient (Wildman–Crippen LogP) is 5.64. The Morgan fingerprint density at radius 1 is 0.906 bits per heavy atom. The number of para-hydroxylation sites is 1. The third kappa shape index (κ3) is 4.85. The van der Waals surface area contributed by atoms with Gasteiger partial charge in [0.1, 0.15) is 17.5 Å². The fourth-order valence-corrected chi connectivity index (χ4v) is 3.93. The van der Waals surface area contributed by atoms with Gasteiger partial charge in [-0.05, 0) is 49.0 Å². The molecule has 0 unspecified atom stereocenters. The molecule has 4 rings (SSSR count). The lowest BCUT2D eigenvalue weighted by atomic mass is 10.0. The first kappa shape index (κ1) is 25.5. The molecular formula is C25H27F3N2OS. The van der Waals surface area contributed by atoms with Crippen molar-refractivity contribution in [2.75, 3.05) is 13.6 Å². The molecule has 0 fully saturated rings. The van der Waals surface area contributed by atoms with Crippen LogP contribution in [0.5, 0.6) is 0 Å². The highest BCUT2D eigenvalue weighted by atomic mass is 32.1. The van der Waals surface area contributed by atoms with Crippen LogP contribution in [-0.4, -0.2) is 29.4 Å². The van der Waals surface area contributed by atoms with E-state index in [-0.39, 0.29) is 33.0 Å². The summed E-state index contributed by atoms with van der Waals surface area (Å²) in [4.78, 5) is 0. The molecule has 1 heterocycles. The van der Waals surface area contributed by atoms with Gasteiger partial charge in [-0.2, -0.15) is 13.5 Å². The molecule has 0 radical (unpaired) electrons. The Labute approximate surface area is 193 Å². The third-order valence-electron chi connectivity index (χ3n) is 5.23. The summed E-state index contributed by atoms with van der Waals surface area (Å²) in [6.45, 7) is 0.261. The zero-order chi connectivity index (χ0) is 21.3. The number of aliphatic hydroxyl groups excluding tert-OH is 1. The largest absolute Gasteiger partial charge is 0.389 e. The van der Waals surface area contributed by atoms with E-state index in [9.17, 15) is 18.3 Å². The molecule has 0 spiro atoms. The molecule has 170 valence electrons. The predicted molar refractivity (Wildman–Crippen MR) is 129 cm³/mol. The van der Waals surface area contributed by atoms with Crippen LogP contribution in [0.15, 0.2) is 72.9 Å². The van der Waals surface area contributed by atoms with E-state index in [1.807, 2.05) is 24.3 Å². The van der Waals surface area contributed by atoms with Gasteiger partial charge in [-0.25, -0.2) is 13.2 Å². The Bertz CT molecular complexity index is 1190. The zero-order valence-corrected chi connectivity index (χ0v) is 17.8. The molecule has 0 saturated carbocycles. The average Bonchev–Trinajstić information content (AvgIpc) is 3.10. The Kier molecular flexibility index (Phi) is 8.55. The molecule has 2 N–H and O–H groups in total. The van der Waals surface area contributed by atoms with Gasteiger partial charge in [0.25, 0.3) is 0 Å². The molecule has 3 aromatic carbocycles. The van der Waals surface area contributed by atoms with Crippen LogP contribution in [0.4, 0.5) is 13.2 Å². The van der Waals surface area contributed by atoms with Crippen LogP contribution < -0.4 is 5.32 Å². The number of aliphatic hydroxyl groups is 1. The van der Waals surface area contributed by atoms with E-state index >= 15 is 0 Å². The van der Waals surface area contributed by atoms with Crippen molar-refractivity contribution in [3.63, 3.8) is 0 Å². The quantitative estimate of drug-likeness (QED) is 0.391. The van der Waals surface area contributed by atoms with Gasteiger partial charge in [0.15, 0.2) is 0 Å². The average molecular weight is 461 g/mol. The summed E-state index contributed by atoms with van der Waals surface area (Å²) in [6, 6.07) is 16.0. The second-order valence-corrected chi connectivity index (χ2v) is 7.22. The normalized spacial score (nSPS) is 12.7. The van der Waals surface area contributed by atoms with E-state index in [2.05, 4.69) is 5.32 Å². The molecular weight excluding hydrogens is 433 g/mol. The number of likely N-dealkylation sites (N-methyl/N-ethyl adjacent to an activating group) is 1. The molecule has 1 aromatic heterocycles. The first-order valence-electron chi connectivity index (χ1n) is 9.62. The summed E-state index contributed by atoms with van der Waals surface area (Å²) in [7, 11) is 1.72. The first-order valence-corrected chi connectivity index (χ1v) is 9.62. The highest BCUT2D eigenvalue weighted by molar-refractivity contribution is 7.59. The van der Waals surface area contributed by atoms with Crippen LogP contribution in [0.2, 0.25) is 0 Å². The van der Waals surface area contributed by atoms with Gasteiger partial charge in [0.05, 0.1) is 12.1 Å². The summed E-state index contributed by atoms with van der Waals surface area (Å²) < 4.78 is 44.2. The minimum Gasteiger partial charge on any atom is -0.389 e. The molecule has 0 aliphatic rings. The Hall–Kier alpha value is -2.74. The van der Waals surface area contributed by atoms with E-state index < -0.39 is 29.6 Å². The lowest BCUT2D eigenvalue weighted by molar-refractivity contribution is 0.132. The van der Waals surface area contributed by atoms with Crippen molar-refractivity contribution in [1.82, 2.24) is 9.88 Å². The molecule has 4 aromatic rings. The van der Waals surface area contributed by atoms with Crippen LogP contribution in [0.3, 0.4) is 0 Å². The van der Waals surface area contributed by atoms with Gasteiger partial charge in [-0.15, -0.1) is 0 Å². The molecule has 7 heteroatoms. The Morgan fingerprint density at radius 2 is 1.62 bits per heavy atom. The van der Waals surface area contributed by atoms with E-state index in [0.717, 1.165) is 23.7 Å². The summed E-state index contributed by atoms with van der Waals surface area (Å²) in [5.74, 6) is -1.50. The fourth-order valence-electron chi connectivity index (χ4n) is 3.93. The molecule has 0 aliphatic carbocycles. The van der Waals surface area contributed by atoms with Crippen molar-refractivity contribution in [2.24, 2.45) is 0 Å². The van der Waals surface area contributed by atoms with Gasteiger partial charge in [-0.1, -0.05) is 37.8 Å². The SMILES string of the molecule is C.CNC[C@@H](O)[C@H](c1cccc(F)c1)n1cc(-c2cc(F)ccc2F)c2ccccc21.S. The van der Waals surface area contributed by atoms with Crippen LogP contribution in [0.25, 0.3) is 22.0 Å². The molecule has 0 aliphatic heterocycles. The summed E-state index contributed by atoms with van der Waals surface area (Å²) in [5.41, 5.74) is 1.93. The summed E-state index contributed by atoms with van der Waals surface area (Å²) in [6.07, 6.45) is 0.801. The minimum absolute atomic E-state index is 0. The van der Waals surface area contributed by atoms with Gasteiger partial charge in [0.2, 0.25) is 0 Å². The standard InChI is InChI=1S/C24H21F3N2O.CH4.H2S/c1-28-13-23(30)24(15-5-4-6-16(25)11-15)29-14-20(18-7-2-3-8-22(18)29)19-12-17(26)9-10-21(19)27;;/h2-12,14,23-24,28,30H,13H2,1H3;1H4;1H2/t23-,24+;;/m1../s1. The topological polar surface area (TPSA) is 37.2 Å². The first-order chi connectivity index (χ1) is 14.5. The van der Waals surface area contributed by atoms with Crippen LogP contribution >= 0.6 is 13.5 Å². The number of halogens is 3.